The summed E-state index contributed by atoms with van der Waals surface area (Å²) in [6.45, 7) is 4.14. The second-order valence-electron chi connectivity index (χ2n) is 3.30. The summed E-state index contributed by atoms with van der Waals surface area (Å²) in [6, 6.07) is 6.58. The van der Waals surface area contributed by atoms with Crippen LogP contribution in [0.5, 0.6) is 0 Å². The lowest BCUT2D eigenvalue weighted by molar-refractivity contribution is 0.632. The minimum atomic E-state index is -0.261. The summed E-state index contributed by atoms with van der Waals surface area (Å²) in [4.78, 5) is 4.07. The van der Waals surface area contributed by atoms with E-state index in [1.54, 1.807) is 37.0 Å². The summed E-state index contributed by atoms with van der Waals surface area (Å²) in [5.74, 6) is -0.261. The van der Waals surface area contributed by atoms with Gasteiger partial charge in [0.05, 0.1) is 5.69 Å². The Kier molecular flexibility index (Phi) is 4.62. The molecule has 0 aromatic heterocycles. The van der Waals surface area contributed by atoms with E-state index in [0.29, 0.717) is 10.9 Å². The maximum atomic E-state index is 13.3. The first-order chi connectivity index (χ1) is 7.13. The van der Waals surface area contributed by atoms with Crippen LogP contribution in [0.15, 0.2) is 29.3 Å². The molecule has 82 valence electrons. The Balaban J connectivity index is 2.72. The number of nitrogens with one attached hydrogen (secondary N) is 1. The van der Waals surface area contributed by atoms with Crippen molar-refractivity contribution in [3.8, 4) is 0 Å². The number of hydrogen-bond donors (Lipinski definition) is 1. The molecule has 2 nitrogen and oxygen atoms in total. The Bertz CT molecular complexity index is 350. The molecule has 1 aromatic rings. The molecule has 0 atom stereocenters. The van der Waals surface area contributed by atoms with Gasteiger partial charge in [-0.15, -0.1) is 0 Å². The maximum Gasteiger partial charge on any atom is 0.161 e. The van der Waals surface area contributed by atoms with Crippen molar-refractivity contribution >= 4 is 22.6 Å². The van der Waals surface area contributed by atoms with E-state index < -0.39 is 0 Å². The third-order valence-electron chi connectivity index (χ3n) is 1.67. The molecule has 0 amide bonds. The lowest BCUT2D eigenvalue weighted by Gasteiger charge is -2.11. The van der Waals surface area contributed by atoms with Gasteiger partial charge in [0.2, 0.25) is 0 Å². The molecule has 0 spiro atoms. The average molecular weight is 226 g/mol. The van der Waals surface area contributed by atoms with Gasteiger partial charge in [-0.2, -0.15) is 0 Å². The normalized spacial score (nSPS) is 11.9. The molecular weight excluding hydrogens is 211 g/mol. The van der Waals surface area contributed by atoms with Crippen LogP contribution in [0, 0.1) is 5.82 Å². The molecule has 0 aliphatic heterocycles. The average Bonchev–Trinajstić information content (AvgIpc) is 2.19. The summed E-state index contributed by atoms with van der Waals surface area (Å²) in [7, 11) is 1.69. The van der Waals surface area contributed by atoms with Gasteiger partial charge in [-0.25, -0.2) is 4.39 Å². The summed E-state index contributed by atoms with van der Waals surface area (Å²) < 4.78 is 13.3. The molecular formula is C11H15FN2S. The first-order valence-electron chi connectivity index (χ1n) is 4.78. The van der Waals surface area contributed by atoms with Crippen molar-refractivity contribution < 1.29 is 4.39 Å². The molecule has 15 heavy (non-hydrogen) atoms. The fourth-order valence-corrected chi connectivity index (χ4v) is 1.76. The number of amidine groups is 1. The van der Waals surface area contributed by atoms with Crippen molar-refractivity contribution in [1.29, 1.82) is 0 Å². The van der Waals surface area contributed by atoms with Crippen molar-refractivity contribution in [2.75, 3.05) is 12.4 Å². The van der Waals surface area contributed by atoms with Crippen molar-refractivity contribution in [1.82, 2.24) is 0 Å². The van der Waals surface area contributed by atoms with E-state index >= 15 is 0 Å². The third kappa shape index (κ3) is 3.91. The van der Waals surface area contributed by atoms with Crippen LogP contribution in [0.4, 0.5) is 10.1 Å². The quantitative estimate of drug-likeness (QED) is 0.617. The predicted octanol–water partition coefficient (Wildman–Crippen LogP) is 3.37. The molecule has 0 fully saturated rings. The zero-order chi connectivity index (χ0) is 11.3. The van der Waals surface area contributed by atoms with Gasteiger partial charge in [-0.3, -0.25) is 4.99 Å². The molecule has 0 aliphatic rings. The highest BCUT2D eigenvalue weighted by atomic mass is 32.2. The second kappa shape index (κ2) is 5.75. The number of para-hydroxylation sites is 1. The van der Waals surface area contributed by atoms with Gasteiger partial charge in [-0.05, 0) is 12.1 Å². The van der Waals surface area contributed by atoms with Gasteiger partial charge in [0.15, 0.2) is 5.17 Å². The van der Waals surface area contributed by atoms with Gasteiger partial charge >= 0.3 is 0 Å². The first kappa shape index (κ1) is 12.0. The number of hydrogen-bond acceptors (Lipinski definition) is 2. The second-order valence-corrected chi connectivity index (χ2v) is 4.87. The van der Waals surface area contributed by atoms with Crippen LogP contribution in [0.2, 0.25) is 0 Å². The summed E-state index contributed by atoms with van der Waals surface area (Å²) >= 11 is 1.58. The fourth-order valence-electron chi connectivity index (χ4n) is 1.04. The van der Waals surface area contributed by atoms with Gasteiger partial charge in [-0.1, -0.05) is 37.7 Å². The van der Waals surface area contributed by atoms with Crippen LogP contribution in [0.3, 0.4) is 0 Å². The largest absolute Gasteiger partial charge is 0.333 e. The summed E-state index contributed by atoms with van der Waals surface area (Å²) in [6.07, 6.45) is 0. The number of aliphatic imine (C=N–C) groups is 1. The Hall–Kier alpha value is -1.03. The number of halogens is 1. The van der Waals surface area contributed by atoms with E-state index in [1.165, 1.54) is 6.07 Å². The van der Waals surface area contributed by atoms with Gasteiger partial charge in [0, 0.05) is 12.3 Å². The Morgan fingerprint density at radius 1 is 1.40 bits per heavy atom. The van der Waals surface area contributed by atoms with E-state index in [4.69, 9.17) is 0 Å². The third-order valence-corrected chi connectivity index (χ3v) is 2.65. The van der Waals surface area contributed by atoms with Crippen molar-refractivity contribution in [2.24, 2.45) is 4.99 Å². The van der Waals surface area contributed by atoms with Crippen molar-refractivity contribution in [3.05, 3.63) is 30.1 Å². The predicted molar refractivity (Wildman–Crippen MR) is 66.1 cm³/mol. The highest BCUT2D eigenvalue weighted by Gasteiger charge is 2.06. The first-order valence-corrected chi connectivity index (χ1v) is 5.66. The standard InChI is InChI=1S/C11H15FN2S/c1-8(2)15-11(13-3)14-10-7-5-4-6-9(10)12/h4-8H,1-3H3,(H,13,14). The van der Waals surface area contributed by atoms with Gasteiger partial charge in [0.1, 0.15) is 5.82 Å². The summed E-state index contributed by atoms with van der Waals surface area (Å²) in [5, 5.41) is 4.12. The minimum Gasteiger partial charge on any atom is -0.333 e. The maximum absolute atomic E-state index is 13.3. The molecule has 1 aromatic carbocycles. The van der Waals surface area contributed by atoms with Crippen LogP contribution in [0.1, 0.15) is 13.8 Å². The Morgan fingerprint density at radius 3 is 2.60 bits per heavy atom. The van der Waals surface area contributed by atoms with Crippen LogP contribution < -0.4 is 5.32 Å². The number of rotatable bonds is 2. The smallest absolute Gasteiger partial charge is 0.161 e. The van der Waals surface area contributed by atoms with E-state index in [2.05, 4.69) is 24.2 Å². The molecule has 0 radical (unpaired) electrons. The topological polar surface area (TPSA) is 24.4 Å². The molecule has 1 rings (SSSR count). The van der Waals surface area contributed by atoms with E-state index in [9.17, 15) is 4.39 Å². The molecule has 0 saturated carbocycles. The van der Waals surface area contributed by atoms with Crippen molar-refractivity contribution in [2.45, 2.75) is 19.1 Å². The van der Waals surface area contributed by atoms with Crippen LogP contribution in [-0.2, 0) is 0 Å². The molecule has 0 bridgehead atoms. The van der Waals surface area contributed by atoms with Crippen molar-refractivity contribution in [3.63, 3.8) is 0 Å². The Morgan fingerprint density at radius 2 is 2.07 bits per heavy atom. The fraction of sp³-hybridized carbons (Fsp3) is 0.364. The molecule has 4 heteroatoms. The Labute approximate surface area is 94.0 Å². The van der Waals surface area contributed by atoms with E-state index in [-0.39, 0.29) is 5.82 Å². The zero-order valence-electron chi connectivity index (χ0n) is 9.12. The molecule has 1 N–H and O–H groups in total. The monoisotopic (exact) mass is 226 g/mol. The number of benzene rings is 1. The molecule has 0 heterocycles. The number of nitrogens with zero attached hydrogens (tertiary/aromatic N) is 1. The highest BCUT2D eigenvalue weighted by molar-refractivity contribution is 8.14. The van der Waals surface area contributed by atoms with E-state index in [1.807, 2.05) is 0 Å². The van der Waals surface area contributed by atoms with Crippen LogP contribution in [0.25, 0.3) is 0 Å². The zero-order valence-corrected chi connectivity index (χ0v) is 9.94. The molecule has 0 unspecified atom stereocenters. The lowest BCUT2D eigenvalue weighted by atomic mass is 10.3. The van der Waals surface area contributed by atoms with Gasteiger partial charge in [0.25, 0.3) is 0 Å². The van der Waals surface area contributed by atoms with Crippen LogP contribution in [-0.4, -0.2) is 17.5 Å². The SMILES string of the molecule is CN=C(Nc1ccccc1F)SC(C)C. The van der Waals surface area contributed by atoms with Gasteiger partial charge < -0.3 is 5.32 Å². The summed E-state index contributed by atoms with van der Waals surface area (Å²) in [5.41, 5.74) is 0.464. The van der Waals surface area contributed by atoms with E-state index in [0.717, 1.165) is 5.17 Å². The molecule has 0 aliphatic carbocycles. The number of anilines is 1. The molecule has 0 saturated heterocycles. The highest BCUT2D eigenvalue weighted by Crippen LogP contribution is 2.17. The van der Waals surface area contributed by atoms with Crippen LogP contribution >= 0.6 is 11.8 Å². The lowest BCUT2D eigenvalue weighted by Crippen LogP contribution is -2.11. The minimum absolute atomic E-state index is 0.261. The number of thioether (sulfide) groups is 1.